The molecule has 0 radical (unpaired) electrons. The molecular weight excluding hydrogens is 601 g/mol. The molecule has 1 aliphatic carbocycles. The fourth-order valence-corrected chi connectivity index (χ4v) is 3.68. The Kier molecular flexibility index (Phi) is 65.8. The van der Waals surface area contributed by atoms with Gasteiger partial charge >= 0.3 is 0 Å². The monoisotopic (exact) mass is 703 g/mol. The molecule has 0 nitrogen and oxygen atoms in total. The zero-order valence-corrected chi connectivity index (χ0v) is 39.8. The minimum absolute atomic E-state index is 0.556. The van der Waals surface area contributed by atoms with E-state index < -0.39 is 0 Å². The number of hydrogen-bond donors (Lipinski definition) is 0. The average Bonchev–Trinajstić information content (AvgIpc) is 4.00. The second kappa shape index (κ2) is 51.8. The zero-order valence-electron chi connectivity index (χ0n) is 39.8. The van der Waals surface area contributed by atoms with Crippen molar-refractivity contribution in [1.82, 2.24) is 0 Å². The number of unbranched alkanes of at least 4 members (excludes halogenated alkanes) is 1. The third kappa shape index (κ3) is 53.2. The lowest BCUT2D eigenvalue weighted by atomic mass is 9.89. The molecular formula is C50H102. The number of hydrogen-bond acceptors (Lipinski definition) is 0. The SMILES string of the molecule is C1CC1.CC.CC.CC.CC.CCC(C)C.CCCC.CCCC(C)C.CCCC(C)C.Cc1ccc(-c2ccc(C)cc2C(C)C)c(C)c1. The summed E-state index contributed by atoms with van der Waals surface area (Å²) >= 11 is 0. The first-order chi connectivity index (χ1) is 23.7. The lowest BCUT2D eigenvalue weighted by Gasteiger charge is -2.16. The van der Waals surface area contributed by atoms with Gasteiger partial charge in [0.15, 0.2) is 0 Å². The average molecular weight is 703 g/mol. The summed E-state index contributed by atoms with van der Waals surface area (Å²) in [6.45, 7) is 51.5. The molecule has 0 N–H and O–H groups in total. The van der Waals surface area contributed by atoms with Crippen LogP contribution in [0.3, 0.4) is 0 Å². The van der Waals surface area contributed by atoms with E-state index in [1.54, 1.807) is 0 Å². The van der Waals surface area contributed by atoms with Gasteiger partial charge in [0.1, 0.15) is 0 Å². The van der Waals surface area contributed by atoms with E-state index in [0.717, 1.165) is 17.8 Å². The van der Waals surface area contributed by atoms with Crippen molar-refractivity contribution in [3.05, 3.63) is 58.7 Å². The van der Waals surface area contributed by atoms with Gasteiger partial charge in [0.25, 0.3) is 0 Å². The number of aryl methyl sites for hydroxylation is 3. The van der Waals surface area contributed by atoms with Gasteiger partial charge < -0.3 is 0 Å². The van der Waals surface area contributed by atoms with E-state index in [1.807, 2.05) is 55.4 Å². The van der Waals surface area contributed by atoms with Gasteiger partial charge in [0.2, 0.25) is 0 Å². The Morgan fingerprint density at radius 1 is 0.440 bits per heavy atom. The van der Waals surface area contributed by atoms with E-state index >= 15 is 0 Å². The van der Waals surface area contributed by atoms with Crippen molar-refractivity contribution in [2.75, 3.05) is 0 Å². The molecule has 3 rings (SSSR count). The third-order valence-electron chi connectivity index (χ3n) is 6.90. The predicted molar refractivity (Wildman–Crippen MR) is 245 cm³/mol. The van der Waals surface area contributed by atoms with E-state index in [-0.39, 0.29) is 0 Å². The fourth-order valence-electron chi connectivity index (χ4n) is 3.68. The highest BCUT2D eigenvalue weighted by molar-refractivity contribution is 5.71. The smallest absolute Gasteiger partial charge is 0.0146 e. The summed E-state index contributed by atoms with van der Waals surface area (Å²) in [4.78, 5) is 0. The van der Waals surface area contributed by atoms with Gasteiger partial charge in [-0.2, -0.15) is 0 Å². The maximum atomic E-state index is 2.32. The summed E-state index contributed by atoms with van der Waals surface area (Å²) < 4.78 is 0. The molecule has 0 amide bonds. The van der Waals surface area contributed by atoms with Crippen LogP contribution in [0.25, 0.3) is 11.1 Å². The highest BCUT2D eigenvalue weighted by Crippen LogP contribution is 2.32. The van der Waals surface area contributed by atoms with Crippen LogP contribution >= 0.6 is 0 Å². The van der Waals surface area contributed by atoms with Gasteiger partial charge in [-0.05, 0) is 66.7 Å². The van der Waals surface area contributed by atoms with Gasteiger partial charge in [0, 0.05) is 0 Å². The Labute approximate surface area is 322 Å². The van der Waals surface area contributed by atoms with Crippen molar-refractivity contribution in [3.8, 4) is 11.1 Å². The van der Waals surface area contributed by atoms with Gasteiger partial charge in [-0.3, -0.25) is 0 Å². The lowest BCUT2D eigenvalue weighted by molar-refractivity contribution is 0.576. The topological polar surface area (TPSA) is 0 Å². The number of benzene rings is 2. The van der Waals surface area contributed by atoms with Crippen molar-refractivity contribution in [2.24, 2.45) is 17.8 Å². The maximum absolute atomic E-state index is 2.32. The normalized spacial score (nSPS) is 9.84. The summed E-state index contributed by atoms with van der Waals surface area (Å²) in [6.07, 6.45) is 13.9. The first-order valence-electron chi connectivity index (χ1n) is 21.9. The molecule has 0 spiro atoms. The summed E-state index contributed by atoms with van der Waals surface area (Å²) in [5.41, 5.74) is 8.22. The molecule has 1 saturated carbocycles. The van der Waals surface area contributed by atoms with Crippen LogP contribution in [-0.4, -0.2) is 0 Å². The lowest BCUT2D eigenvalue weighted by Crippen LogP contribution is -1.95. The molecule has 2 aromatic carbocycles. The van der Waals surface area contributed by atoms with Crippen molar-refractivity contribution in [2.45, 2.75) is 236 Å². The second-order valence-corrected chi connectivity index (χ2v) is 13.8. The summed E-state index contributed by atoms with van der Waals surface area (Å²) in [5.74, 6) is 3.24. The van der Waals surface area contributed by atoms with Gasteiger partial charge in [0.05, 0.1) is 0 Å². The standard InChI is InChI=1S/C18H22.2C6H14.C5H12.C4H10.C3H6.4C2H6/c1-12(2)18-11-14(4)7-9-17(18)16-8-6-13(3)10-15(16)5;2*1-4-5-6(2)3;1-4-5(2)3;1-3-4-2;1-2-3-1;4*1-2/h6-12H,1-5H3;2*6H,4-5H2,1-3H3;5H,4H2,1-3H3;3-4H2,1-2H3;1-3H2;4*1-2H3. The van der Waals surface area contributed by atoms with Gasteiger partial charge in [-0.15, -0.1) is 0 Å². The second-order valence-electron chi connectivity index (χ2n) is 13.8. The minimum Gasteiger partial charge on any atom is -0.0683 e. The van der Waals surface area contributed by atoms with Crippen molar-refractivity contribution >= 4 is 0 Å². The minimum atomic E-state index is 0.556. The molecule has 0 heterocycles. The van der Waals surface area contributed by atoms with Crippen LogP contribution in [0.2, 0.25) is 0 Å². The molecule has 0 saturated heterocycles. The zero-order chi connectivity index (χ0) is 41.1. The summed E-state index contributed by atoms with van der Waals surface area (Å²) in [5, 5.41) is 0. The molecule has 0 unspecified atom stereocenters. The van der Waals surface area contributed by atoms with Crippen LogP contribution in [0, 0.1) is 38.5 Å². The fraction of sp³-hybridized carbons (Fsp3) is 0.760. The van der Waals surface area contributed by atoms with Crippen LogP contribution in [0.4, 0.5) is 0 Å². The molecule has 50 heavy (non-hydrogen) atoms. The molecule has 0 bridgehead atoms. The molecule has 0 aromatic heterocycles. The largest absolute Gasteiger partial charge is 0.0683 e. The highest BCUT2D eigenvalue weighted by Gasteiger charge is 2.10. The first kappa shape index (κ1) is 63.5. The number of rotatable bonds is 8. The molecule has 302 valence electrons. The molecule has 1 fully saturated rings. The molecule has 1 aliphatic rings. The summed E-state index contributed by atoms with van der Waals surface area (Å²) in [6, 6.07) is 13.5. The van der Waals surface area contributed by atoms with Crippen LogP contribution in [0.15, 0.2) is 36.4 Å². The Bertz CT molecular complexity index is 820. The Morgan fingerprint density at radius 3 is 0.960 bits per heavy atom. The van der Waals surface area contributed by atoms with E-state index in [0.29, 0.717) is 5.92 Å². The van der Waals surface area contributed by atoms with Gasteiger partial charge in [-0.25, -0.2) is 0 Å². The quantitative estimate of drug-likeness (QED) is 0.257. The predicted octanol–water partition coefficient (Wildman–Crippen LogP) is 19.4. The first-order valence-corrected chi connectivity index (χ1v) is 21.9. The van der Waals surface area contributed by atoms with Crippen LogP contribution in [0.1, 0.15) is 238 Å². The van der Waals surface area contributed by atoms with Crippen LogP contribution in [0.5, 0.6) is 0 Å². The molecule has 2 aromatic rings. The van der Waals surface area contributed by atoms with Crippen molar-refractivity contribution < 1.29 is 0 Å². The molecule has 0 aliphatic heterocycles. The van der Waals surface area contributed by atoms with E-state index in [2.05, 4.69) is 147 Å². The Morgan fingerprint density at radius 2 is 0.760 bits per heavy atom. The maximum Gasteiger partial charge on any atom is -0.0146 e. The Balaban J connectivity index is -0.0000000965. The molecule has 0 atom stereocenters. The van der Waals surface area contributed by atoms with E-state index in [4.69, 9.17) is 0 Å². The molecule has 0 heteroatoms. The van der Waals surface area contributed by atoms with Crippen molar-refractivity contribution in [1.29, 1.82) is 0 Å². The summed E-state index contributed by atoms with van der Waals surface area (Å²) in [7, 11) is 0. The third-order valence-corrected chi connectivity index (χ3v) is 6.90. The van der Waals surface area contributed by atoms with Crippen LogP contribution < -0.4 is 0 Å². The van der Waals surface area contributed by atoms with E-state index in [1.165, 1.54) is 97.6 Å². The van der Waals surface area contributed by atoms with E-state index in [9.17, 15) is 0 Å². The Hall–Kier alpha value is -1.56. The van der Waals surface area contributed by atoms with Gasteiger partial charge in [-0.1, -0.05) is 257 Å². The van der Waals surface area contributed by atoms with Crippen LogP contribution in [-0.2, 0) is 0 Å². The van der Waals surface area contributed by atoms with Crippen molar-refractivity contribution in [3.63, 3.8) is 0 Å². The highest BCUT2D eigenvalue weighted by atomic mass is 14.1.